The van der Waals surface area contributed by atoms with E-state index >= 15 is 0 Å². The number of ether oxygens (including phenoxy) is 2. The van der Waals surface area contributed by atoms with E-state index in [0.717, 1.165) is 27.4 Å². The molecule has 1 heterocycles. The number of amides is 3. The van der Waals surface area contributed by atoms with Gasteiger partial charge in [0, 0.05) is 5.69 Å². The second kappa shape index (κ2) is 11.2. The Kier molecular flexibility index (Phi) is 7.42. The first kappa shape index (κ1) is 25.7. The lowest BCUT2D eigenvalue weighted by Crippen LogP contribution is -2.36. The molecule has 4 aromatic rings. The molecule has 3 amide bonds. The molecule has 4 aromatic carbocycles. The van der Waals surface area contributed by atoms with Crippen molar-refractivity contribution in [2.45, 2.75) is 0 Å². The van der Waals surface area contributed by atoms with E-state index < -0.39 is 29.6 Å². The van der Waals surface area contributed by atoms with Gasteiger partial charge in [-0.05, 0) is 64.5 Å². The highest BCUT2D eigenvalue weighted by atomic mass is 32.2. The molecular formula is C30H22N2O6S. The van der Waals surface area contributed by atoms with Crippen LogP contribution < -0.4 is 14.8 Å². The monoisotopic (exact) mass is 538 g/mol. The fourth-order valence-corrected chi connectivity index (χ4v) is 4.91. The summed E-state index contributed by atoms with van der Waals surface area (Å²) in [6.07, 6.45) is 1.51. The van der Waals surface area contributed by atoms with Crippen LogP contribution in [0.2, 0.25) is 0 Å². The zero-order valence-electron chi connectivity index (χ0n) is 20.7. The average Bonchev–Trinajstić information content (AvgIpc) is 3.20. The molecule has 0 unspecified atom stereocenters. The molecule has 1 aliphatic rings. The third-order valence-electron chi connectivity index (χ3n) is 5.93. The molecule has 5 rings (SSSR count). The molecule has 1 aliphatic heterocycles. The molecule has 0 aromatic heterocycles. The second-order valence-electron chi connectivity index (χ2n) is 8.51. The Bertz CT molecular complexity index is 1630. The molecule has 0 radical (unpaired) electrons. The minimum Gasteiger partial charge on any atom is -0.493 e. The van der Waals surface area contributed by atoms with Crippen LogP contribution in [0, 0.1) is 0 Å². The molecule has 0 spiro atoms. The van der Waals surface area contributed by atoms with Crippen LogP contribution in [-0.2, 0) is 9.59 Å². The molecule has 0 aliphatic carbocycles. The van der Waals surface area contributed by atoms with Gasteiger partial charge < -0.3 is 14.8 Å². The van der Waals surface area contributed by atoms with Crippen LogP contribution >= 0.6 is 11.8 Å². The number of hydrogen-bond acceptors (Lipinski definition) is 7. The molecule has 0 saturated carbocycles. The fraction of sp³-hybridized carbons (Fsp3) is 0.0667. The van der Waals surface area contributed by atoms with E-state index in [-0.39, 0.29) is 10.7 Å². The minimum atomic E-state index is -0.585. The van der Waals surface area contributed by atoms with Crippen molar-refractivity contribution in [1.82, 2.24) is 4.90 Å². The first-order chi connectivity index (χ1) is 18.9. The number of carbonyl (C=O) groups is 4. The standard InChI is InChI=1S/C30H22N2O6S/c1-37-24-15-14-19(16-25(24)38-29(35)23-13-7-9-20-8-5-6-12-22(20)23)17-26-28(34)32(30(36)39-26)18-27(33)31-21-10-3-2-4-11-21/h2-17H,18H2,1H3,(H,31,33)/b26-17-. The maximum absolute atomic E-state index is 13.1. The van der Waals surface area contributed by atoms with E-state index in [4.69, 9.17) is 9.47 Å². The number of para-hydroxylation sites is 1. The fourth-order valence-electron chi connectivity index (χ4n) is 4.07. The van der Waals surface area contributed by atoms with Crippen LogP contribution in [0.25, 0.3) is 16.8 Å². The molecule has 1 fully saturated rings. The summed E-state index contributed by atoms with van der Waals surface area (Å²) in [5.41, 5.74) is 1.47. The van der Waals surface area contributed by atoms with E-state index in [1.54, 1.807) is 54.6 Å². The number of rotatable bonds is 7. The van der Waals surface area contributed by atoms with Crippen molar-refractivity contribution >= 4 is 57.3 Å². The van der Waals surface area contributed by atoms with Gasteiger partial charge in [0.05, 0.1) is 17.6 Å². The number of esters is 1. The van der Waals surface area contributed by atoms with Gasteiger partial charge in [-0.3, -0.25) is 19.3 Å². The van der Waals surface area contributed by atoms with Crippen molar-refractivity contribution < 1.29 is 28.7 Å². The first-order valence-corrected chi connectivity index (χ1v) is 12.7. The Morgan fingerprint density at radius 1 is 0.897 bits per heavy atom. The minimum absolute atomic E-state index is 0.143. The number of methoxy groups -OCH3 is 1. The number of nitrogens with zero attached hydrogens (tertiary/aromatic N) is 1. The molecule has 194 valence electrons. The summed E-state index contributed by atoms with van der Waals surface area (Å²) in [6.45, 7) is -0.409. The zero-order chi connectivity index (χ0) is 27.4. The molecule has 0 atom stereocenters. The summed E-state index contributed by atoms with van der Waals surface area (Å²) in [6, 6.07) is 26.5. The van der Waals surface area contributed by atoms with Crippen LogP contribution in [0.4, 0.5) is 10.5 Å². The van der Waals surface area contributed by atoms with Crippen LogP contribution in [0.3, 0.4) is 0 Å². The molecule has 0 bridgehead atoms. The van der Waals surface area contributed by atoms with Crippen molar-refractivity contribution in [3.05, 3.63) is 107 Å². The van der Waals surface area contributed by atoms with Gasteiger partial charge in [-0.1, -0.05) is 60.7 Å². The summed E-state index contributed by atoms with van der Waals surface area (Å²) in [4.78, 5) is 51.9. The highest BCUT2D eigenvalue weighted by molar-refractivity contribution is 8.18. The van der Waals surface area contributed by atoms with Gasteiger partial charge in [-0.15, -0.1) is 0 Å². The predicted molar refractivity (Wildman–Crippen MR) is 150 cm³/mol. The zero-order valence-corrected chi connectivity index (χ0v) is 21.6. The first-order valence-electron chi connectivity index (χ1n) is 11.9. The summed E-state index contributed by atoms with van der Waals surface area (Å²) < 4.78 is 11.1. The number of fused-ring (bicyclic) bond motifs is 1. The van der Waals surface area contributed by atoms with Crippen molar-refractivity contribution in [1.29, 1.82) is 0 Å². The Morgan fingerprint density at radius 2 is 1.64 bits per heavy atom. The van der Waals surface area contributed by atoms with Crippen LogP contribution in [-0.4, -0.2) is 41.6 Å². The number of imide groups is 1. The quantitative estimate of drug-likeness (QED) is 0.182. The third-order valence-corrected chi connectivity index (χ3v) is 6.84. The lowest BCUT2D eigenvalue weighted by atomic mass is 10.0. The lowest BCUT2D eigenvalue weighted by molar-refractivity contribution is -0.127. The summed E-state index contributed by atoms with van der Waals surface area (Å²) in [5.74, 6) is -1.15. The van der Waals surface area contributed by atoms with Crippen molar-refractivity contribution in [2.75, 3.05) is 19.0 Å². The van der Waals surface area contributed by atoms with Gasteiger partial charge in [0.25, 0.3) is 11.1 Å². The lowest BCUT2D eigenvalue weighted by Gasteiger charge is -2.12. The van der Waals surface area contributed by atoms with Gasteiger partial charge in [0.1, 0.15) is 6.54 Å². The number of nitrogens with one attached hydrogen (secondary N) is 1. The number of carbonyl (C=O) groups excluding carboxylic acids is 4. The molecule has 8 nitrogen and oxygen atoms in total. The maximum Gasteiger partial charge on any atom is 0.344 e. The normalized spacial score (nSPS) is 14.1. The van der Waals surface area contributed by atoms with Gasteiger partial charge >= 0.3 is 5.97 Å². The SMILES string of the molecule is COc1ccc(/C=C2\SC(=O)N(CC(=O)Nc3ccccc3)C2=O)cc1OC(=O)c1cccc2ccccc12. The maximum atomic E-state index is 13.1. The Hall–Kier alpha value is -4.89. The summed E-state index contributed by atoms with van der Waals surface area (Å²) in [5, 5.41) is 3.77. The van der Waals surface area contributed by atoms with Crippen molar-refractivity contribution in [3.8, 4) is 11.5 Å². The Balaban J connectivity index is 1.34. The van der Waals surface area contributed by atoms with Gasteiger partial charge in [0.15, 0.2) is 11.5 Å². The van der Waals surface area contributed by atoms with E-state index in [0.29, 0.717) is 22.6 Å². The highest BCUT2D eigenvalue weighted by Gasteiger charge is 2.36. The molecule has 9 heteroatoms. The van der Waals surface area contributed by atoms with E-state index in [1.165, 1.54) is 13.2 Å². The largest absolute Gasteiger partial charge is 0.493 e. The van der Waals surface area contributed by atoms with Crippen LogP contribution in [0.15, 0.2) is 95.9 Å². The van der Waals surface area contributed by atoms with Gasteiger partial charge in [-0.2, -0.15) is 0 Å². The van der Waals surface area contributed by atoms with E-state index in [1.807, 2.05) is 36.4 Å². The van der Waals surface area contributed by atoms with Crippen molar-refractivity contribution in [3.63, 3.8) is 0 Å². The Labute approximate surface area is 228 Å². The van der Waals surface area contributed by atoms with Crippen molar-refractivity contribution in [2.24, 2.45) is 0 Å². The Morgan fingerprint density at radius 3 is 2.44 bits per heavy atom. The molecular weight excluding hydrogens is 516 g/mol. The number of thioether (sulfide) groups is 1. The van der Waals surface area contributed by atoms with Crippen LogP contribution in [0.5, 0.6) is 11.5 Å². The van der Waals surface area contributed by atoms with Gasteiger partial charge in [0.2, 0.25) is 5.91 Å². The topological polar surface area (TPSA) is 102 Å². The number of anilines is 1. The summed E-state index contributed by atoms with van der Waals surface area (Å²) in [7, 11) is 1.45. The van der Waals surface area contributed by atoms with Gasteiger partial charge in [-0.25, -0.2) is 4.79 Å². The third kappa shape index (κ3) is 5.68. The average molecular weight is 539 g/mol. The number of hydrogen-bond donors (Lipinski definition) is 1. The highest BCUT2D eigenvalue weighted by Crippen LogP contribution is 2.35. The second-order valence-corrected chi connectivity index (χ2v) is 9.50. The summed E-state index contributed by atoms with van der Waals surface area (Å²) >= 11 is 0.732. The van der Waals surface area contributed by atoms with E-state index in [2.05, 4.69) is 5.32 Å². The molecule has 1 saturated heterocycles. The predicted octanol–water partition coefficient (Wildman–Crippen LogP) is 5.74. The molecule has 39 heavy (non-hydrogen) atoms. The number of benzene rings is 4. The molecule has 1 N–H and O–H groups in total. The van der Waals surface area contributed by atoms with Crippen LogP contribution in [0.1, 0.15) is 15.9 Å². The smallest absolute Gasteiger partial charge is 0.344 e. The van der Waals surface area contributed by atoms with E-state index in [9.17, 15) is 19.2 Å².